The molecule has 1 aliphatic heterocycles. The van der Waals surface area contributed by atoms with Crippen LogP contribution in [-0.2, 0) is 0 Å². The summed E-state index contributed by atoms with van der Waals surface area (Å²) in [5.41, 5.74) is 9.94. The van der Waals surface area contributed by atoms with Crippen LogP contribution in [0.5, 0.6) is 0 Å². The van der Waals surface area contributed by atoms with Gasteiger partial charge in [0, 0.05) is 12.2 Å². The predicted molar refractivity (Wildman–Crippen MR) is 40.2 cm³/mol. The van der Waals surface area contributed by atoms with Crippen LogP contribution in [0.3, 0.4) is 0 Å². The molecule has 2 aliphatic rings. The number of allylic oxidation sites excluding steroid dienone is 2. The molecule has 0 aromatic carbocycles. The molecule has 2 heteroatoms. The Morgan fingerprint density at radius 1 is 1.40 bits per heavy atom. The van der Waals surface area contributed by atoms with E-state index in [2.05, 4.69) is 23.0 Å². The zero-order chi connectivity index (χ0) is 6.81. The highest BCUT2D eigenvalue weighted by Crippen LogP contribution is 2.21. The van der Waals surface area contributed by atoms with E-state index in [1.165, 1.54) is 18.5 Å². The Balaban J connectivity index is 2.23. The smallest absolute Gasteiger partial charge is 0.0493 e. The quantitative estimate of drug-likeness (QED) is 0.529. The highest BCUT2D eigenvalue weighted by atomic mass is 15.4. The maximum Gasteiger partial charge on any atom is 0.0493 e. The first-order chi connectivity index (χ1) is 4.97. The fourth-order valence-electron chi connectivity index (χ4n) is 1.42. The van der Waals surface area contributed by atoms with Crippen LogP contribution in [0.4, 0.5) is 0 Å². The molecular weight excluding hydrogens is 124 g/mol. The lowest BCUT2D eigenvalue weighted by atomic mass is 9.99. The molecule has 0 aromatic heterocycles. The molecule has 53 valence electrons. The molecule has 0 saturated heterocycles. The average molecular weight is 135 g/mol. The fourth-order valence-corrected chi connectivity index (χ4v) is 1.42. The van der Waals surface area contributed by atoms with Gasteiger partial charge in [-0.05, 0) is 30.9 Å². The van der Waals surface area contributed by atoms with E-state index in [1.54, 1.807) is 5.57 Å². The average Bonchev–Trinajstić information content (AvgIpc) is 2.05. The molecule has 0 amide bonds. The summed E-state index contributed by atoms with van der Waals surface area (Å²) in [6, 6.07) is 0. The van der Waals surface area contributed by atoms with E-state index in [1.807, 2.05) is 0 Å². The number of nitrogens with zero attached hydrogens (tertiary/aromatic N) is 1. The van der Waals surface area contributed by atoms with Crippen LogP contribution in [0.15, 0.2) is 23.4 Å². The molecule has 0 spiro atoms. The molecular formula is C8H11N2. The summed E-state index contributed by atoms with van der Waals surface area (Å²) in [4.78, 5) is 0. The second-order valence-electron chi connectivity index (χ2n) is 2.70. The number of hydrogen-bond donors (Lipinski definition) is 1. The maximum absolute atomic E-state index is 4.10. The second-order valence-corrected chi connectivity index (χ2v) is 2.70. The molecule has 0 aromatic rings. The third kappa shape index (κ3) is 0.948. The van der Waals surface area contributed by atoms with Gasteiger partial charge in [0.15, 0.2) is 0 Å². The molecule has 2 rings (SSSR count). The van der Waals surface area contributed by atoms with Gasteiger partial charge in [0.2, 0.25) is 0 Å². The standard InChI is InChI=1S/C8H11N2/c1-2-4-8-7(3-1)5-6-9-10-8/h2,4,10H,1,3,5-6H2. The van der Waals surface area contributed by atoms with E-state index in [9.17, 15) is 0 Å². The van der Waals surface area contributed by atoms with Crippen molar-refractivity contribution in [3.8, 4) is 0 Å². The van der Waals surface area contributed by atoms with Crippen molar-refractivity contribution in [2.45, 2.75) is 19.3 Å². The summed E-state index contributed by atoms with van der Waals surface area (Å²) in [6.45, 7) is 0.951. The molecule has 1 N–H and O–H groups in total. The van der Waals surface area contributed by atoms with Crippen LogP contribution in [0.2, 0.25) is 0 Å². The normalized spacial score (nSPS) is 24.0. The van der Waals surface area contributed by atoms with Gasteiger partial charge in [0.1, 0.15) is 0 Å². The minimum atomic E-state index is 0.951. The Morgan fingerprint density at radius 2 is 2.40 bits per heavy atom. The molecule has 0 saturated carbocycles. The van der Waals surface area contributed by atoms with Crippen molar-refractivity contribution >= 4 is 0 Å². The first-order valence-corrected chi connectivity index (χ1v) is 3.78. The van der Waals surface area contributed by atoms with Crippen molar-refractivity contribution in [1.29, 1.82) is 0 Å². The Hall–Kier alpha value is -0.760. The van der Waals surface area contributed by atoms with Crippen molar-refractivity contribution in [2.75, 3.05) is 6.54 Å². The van der Waals surface area contributed by atoms with Gasteiger partial charge in [0.05, 0.1) is 0 Å². The Labute approximate surface area is 61.0 Å². The first kappa shape index (κ1) is 5.98. The lowest BCUT2D eigenvalue weighted by Gasteiger charge is -2.21. The highest BCUT2D eigenvalue weighted by molar-refractivity contribution is 5.28. The molecule has 0 atom stereocenters. The molecule has 2 nitrogen and oxygen atoms in total. The summed E-state index contributed by atoms with van der Waals surface area (Å²) < 4.78 is 0. The van der Waals surface area contributed by atoms with Crippen molar-refractivity contribution < 1.29 is 0 Å². The predicted octanol–water partition coefficient (Wildman–Crippen LogP) is 1.10. The van der Waals surface area contributed by atoms with Crippen LogP contribution < -0.4 is 10.9 Å². The lowest BCUT2D eigenvalue weighted by molar-refractivity contribution is 0.538. The van der Waals surface area contributed by atoms with Crippen LogP contribution in [0, 0.1) is 0 Å². The number of rotatable bonds is 0. The minimum absolute atomic E-state index is 0.951. The van der Waals surface area contributed by atoms with Gasteiger partial charge in [-0.1, -0.05) is 6.08 Å². The van der Waals surface area contributed by atoms with Crippen molar-refractivity contribution in [2.24, 2.45) is 0 Å². The Morgan fingerprint density at radius 3 is 3.30 bits per heavy atom. The summed E-state index contributed by atoms with van der Waals surface area (Å²) in [5, 5.41) is 0. The lowest BCUT2D eigenvalue weighted by Crippen LogP contribution is -2.30. The van der Waals surface area contributed by atoms with Gasteiger partial charge in [-0.2, -0.15) is 0 Å². The van der Waals surface area contributed by atoms with Gasteiger partial charge >= 0.3 is 0 Å². The van der Waals surface area contributed by atoms with Gasteiger partial charge in [0.25, 0.3) is 0 Å². The van der Waals surface area contributed by atoms with Crippen molar-refractivity contribution in [3.63, 3.8) is 0 Å². The van der Waals surface area contributed by atoms with Crippen LogP contribution in [-0.4, -0.2) is 6.54 Å². The minimum Gasteiger partial charge on any atom is -0.304 e. The molecule has 1 radical (unpaired) electrons. The van der Waals surface area contributed by atoms with Crippen LogP contribution >= 0.6 is 0 Å². The fraction of sp³-hybridized carbons (Fsp3) is 0.500. The number of hydrogen-bond acceptors (Lipinski definition) is 1. The third-order valence-corrected chi connectivity index (χ3v) is 2.00. The molecule has 0 bridgehead atoms. The van der Waals surface area contributed by atoms with Gasteiger partial charge < -0.3 is 5.43 Å². The van der Waals surface area contributed by atoms with E-state index in [0.717, 1.165) is 13.0 Å². The molecule has 10 heavy (non-hydrogen) atoms. The zero-order valence-electron chi connectivity index (χ0n) is 5.93. The van der Waals surface area contributed by atoms with Crippen molar-refractivity contribution in [3.05, 3.63) is 23.4 Å². The summed E-state index contributed by atoms with van der Waals surface area (Å²) in [6.07, 6.45) is 7.94. The molecule has 0 fully saturated rings. The van der Waals surface area contributed by atoms with E-state index in [0.29, 0.717) is 0 Å². The van der Waals surface area contributed by atoms with Crippen LogP contribution in [0.25, 0.3) is 0 Å². The summed E-state index contributed by atoms with van der Waals surface area (Å²) in [7, 11) is 0. The van der Waals surface area contributed by atoms with Gasteiger partial charge in [-0.3, -0.25) is 0 Å². The summed E-state index contributed by atoms with van der Waals surface area (Å²) in [5.74, 6) is 0. The van der Waals surface area contributed by atoms with E-state index >= 15 is 0 Å². The number of nitrogens with one attached hydrogen (secondary N) is 1. The topological polar surface area (TPSA) is 26.1 Å². The van der Waals surface area contributed by atoms with Gasteiger partial charge in [-0.25, -0.2) is 0 Å². The maximum atomic E-state index is 4.10. The van der Waals surface area contributed by atoms with Gasteiger partial charge in [-0.15, -0.1) is 5.43 Å². The summed E-state index contributed by atoms with van der Waals surface area (Å²) >= 11 is 0. The third-order valence-electron chi connectivity index (χ3n) is 2.00. The van der Waals surface area contributed by atoms with Crippen LogP contribution in [0.1, 0.15) is 19.3 Å². The van der Waals surface area contributed by atoms with E-state index in [-0.39, 0.29) is 0 Å². The molecule has 0 unspecified atom stereocenters. The van der Waals surface area contributed by atoms with E-state index < -0.39 is 0 Å². The largest absolute Gasteiger partial charge is 0.304 e. The second kappa shape index (κ2) is 2.46. The monoisotopic (exact) mass is 135 g/mol. The molecule has 1 aliphatic carbocycles. The SMILES string of the molecule is C1=CC2=C(CC1)CC[N]N2. The Bertz CT molecular complexity index is 191. The van der Waals surface area contributed by atoms with Crippen molar-refractivity contribution in [1.82, 2.24) is 10.9 Å². The Kier molecular flexibility index (Phi) is 1.47. The molecule has 1 heterocycles. The first-order valence-electron chi connectivity index (χ1n) is 3.78. The zero-order valence-corrected chi connectivity index (χ0v) is 5.93. The van der Waals surface area contributed by atoms with E-state index in [4.69, 9.17) is 0 Å². The highest BCUT2D eigenvalue weighted by Gasteiger charge is 2.11.